The van der Waals surface area contributed by atoms with E-state index in [0.717, 1.165) is 6.07 Å². The number of aliphatic hydroxyl groups is 1. The van der Waals surface area contributed by atoms with Gasteiger partial charge in [0, 0.05) is 16.6 Å². The lowest BCUT2D eigenvalue weighted by Gasteiger charge is -2.11. The summed E-state index contributed by atoms with van der Waals surface area (Å²) in [5.41, 5.74) is -2.06. The van der Waals surface area contributed by atoms with Crippen molar-refractivity contribution < 1.29 is 23.2 Å². The molecule has 0 saturated heterocycles. The van der Waals surface area contributed by atoms with E-state index in [-0.39, 0.29) is 10.0 Å². The van der Waals surface area contributed by atoms with E-state index in [2.05, 4.69) is 15.9 Å². The van der Waals surface area contributed by atoms with Crippen molar-refractivity contribution in [2.24, 2.45) is 0 Å². The number of aliphatic hydroxyl groups excluding tert-OH is 1. The molecule has 1 aromatic carbocycles. The van der Waals surface area contributed by atoms with Gasteiger partial charge < -0.3 is 5.11 Å². The lowest BCUT2D eigenvalue weighted by atomic mass is 10.1. The number of halogens is 4. The zero-order chi connectivity index (χ0) is 12.5. The zero-order valence-corrected chi connectivity index (χ0v) is 9.17. The Labute approximate surface area is 96.0 Å². The van der Waals surface area contributed by atoms with E-state index in [1.165, 1.54) is 0 Å². The maximum absolute atomic E-state index is 12.5. The SMILES string of the molecule is O=[N+]([O-])c1cc(CO)c(Br)c(C(F)(F)F)c1. The van der Waals surface area contributed by atoms with Crippen LogP contribution >= 0.6 is 15.9 Å². The predicted octanol–water partition coefficient (Wildman–Crippen LogP) is 2.87. The molecule has 0 amide bonds. The third-order valence-electron chi connectivity index (χ3n) is 1.82. The first-order valence-corrected chi connectivity index (χ1v) is 4.71. The Morgan fingerprint density at radius 3 is 2.38 bits per heavy atom. The molecule has 0 aliphatic carbocycles. The third kappa shape index (κ3) is 2.50. The van der Waals surface area contributed by atoms with Gasteiger partial charge in [-0.25, -0.2) is 0 Å². The largest absolute Gasteiger partial charge is 0.417 e. The quantitative estimate of drug-likeness (QED) is 0.674. The summed E-state index contributed by atoms with van der Waals surface area (Å²) >= 11 is 2.66. The molecule has 0 spiro atoms. The molecule has 8 heteroatoms. The summed E-state index contributed by atoms with van der Waals surface area (Å²) in [4.78, 5) is 9.46. The highest BCUT2D eigenvalue weighted by molar-refractivity contribution is 9.10. The van der Waals surface area contributed by atoms with Crippen LogP contribution in [0.5, 0.6) is 0 Å². The van der Waals surface area contributed by atoms with Crippen LogP contribution in [0.1, 0.15) is 11.1 Å². The number of alkyl halides is 3. The van der Waals surface area contributed by atoms with Gasteiger partial charge in [-0.2, -0.15) is 13.2 Å². The first-order chi connectivity index (χ1) is 7.27. The molecular weight excluding hydrogens is 295 g/mol. The second-order valence-electron chi connectivity index (χ2n) is 2.88. The van der Waals surface area contributed by atoms with Gasteiger partial charge in [-0.05, 0) is 21.5 Å². The molecule has 0 aliphatic rings. The molecule has 0 bridgehead atoms. The number of rotatable bonds is 2. The number of hydrogen-bond acceptors (Lipinski definition) is 3. The summed E-state index contributed by atoms with van der Waals surface area (Å²) in [5, 5.41) is 19.2. The normalized spacial score (nSPS) is 11.6. The third-order valence-corrected chi connectivity index (χ3v) is 2.76. The molecule has 1 rings (SSSR count). The molecule has 0 heterocycles. The lowest BCUT2D eigenvalue weighted by Crippen LogP contribution is -2.08. The van der Waals surface area contributed by atoms with Gasteiger partial charge in [0.25, 0.3) is 5.69 Å². The minimum Gasteiger partial charge on any atom is -0.392 e. The first-order valence-electron chi connectivity index (χ1n) is 3.92. The summed E-state index contributed by atoms with van der Waals surface area (Å²) in [6, 6.07) is 1.31. The molecule has 0 saturated carbocycles. The standard InChI is InChI=1S/C8H5BrF3NO3/c9-7-4(3-14)1-5(13(15)16)2-6(7)8(10,11)12/h1-2,14H,3H2. The van der Waals surface area contributed by atoms with E-state index < -0.39 is 29.0 Å². The summed E-state index contributed by atoms with van der Waals surface area (Å²) < 4.78 is 37.0. The first kappa shape index (κ1) is 12.9. The summed E-state index contributed by atoms with van der Waals surface area (Å²) in [5.74, 6) is 0. The van der Waals surface area contributed by atoms with Crippen LogP contribution in [0.4, 0.5) is 18.9 Å². The van der Waals surface area contributed by atoms with Crippen molar-refractivity contribution in [2.75, 3.05) is 0 Å². The minimum atomic E-state index is -4.71. The molecule has 0 fully saturated rings. The van der Waals surface area contributed by atoms with E-state index in [1.807, 2.05) is 0 Å². The number of nitro groups is 1. The molecule has 1 aromatic rings. The van der Waals surface area contributed by atoms with Crippen LogP contribution in [0.25, 0.3) is 0 Å². The second-order valence-corrected chi connectivity index (χ2v) is 3.67. The number of nitro benzene ring substituents is 1. The molecule has 0 unspecified atom stereocenters. The summed E-state index contributed by atoms with van der Waals surface area (Å²) in [6.07, 6.45) is -4.71. The van der Waals surface area contributed by atoms with Crippen molar-refractivity contribution in [1.82, 2.24) is 0 Å². The van der Waals surface area contributed by atoms with Crippen LogP contribution in [0.15, 0.2) is 16.6 Å². The van der Waals surface area contributed by atoms with E-state index >= 15 is 0 Å². The molecular formula is C8H5BrF3NO3. The summed E-state index contributed by atoms with van der Waals surface area (Å²) in [6.45, 7) is -0.717. The van der Waals surface area contributed by atoms with Crippen LogP contribution in [-0.2, 0) is 12.8 Å². The topological polar surface area (TPSA) is 63.4 Å². The zero-order valence-electron chi connectivity index (χ0n) is 7.58. The average molecular weight is 300 g/mol. The molecule has 0 aromatic heterocycles. The van der Waals surface area contributed by atoms with E-state index in [9.17, 15) is 23.3 Å². The Morgan fingerprint density at radius 2 is 2.00 bits per heavy atom. The summed E-state index contributed by atoms with van der Waals surface area (Å²) in [7, 11) is 0. The van der Waals surface area contributed by atoms with Crippen LogP contribution in [0.2, 0.25) is 0 Å². The molecule has 0 radical (unpaired) electrons. The van der Waals surface area contributed by atoms with Gasteiger partial charge in [-0.1, -0.05) is 0 Å². The smallest absolute Gasteiger partial charge is 0.392 e. The number of non-ortho nitro benzene ring substituents is 1. The number of nitrogens with zero attached hydrogens (tertiary/aromatic N) is 1. The van der Waals surface area contributed by atoms with Crippen molar-refractivity contribution in [3.63, 3.8) is 0 Å². The fourth-order valence-corrected chi connectivity index (χ4v) is 1.67. The van der Waals surface area contributed by atoms with Gasteiger partial charge in [-0.15, -0.1) is 0 Å². The van der Waals surface area contributed by atoms with Crippen molar-refractivity contribution in [1.29, 1.82) is 0 Å². The molecule has 1 N–H and O–H groups in total. The maximum Gasteiger partial charge on any atom is 0.417 e. The number of hydrogen-bond donors (Lipinski definition) is 1. The Bertz CT molecular complexity index is 433. The Hall–Kier alpha value is -1.15. The molecule has 0 aliphatic heterocycles. The van der Waals surface area contributed by atoms with E-state index in [0.29, 0.717) is 6.07 Å². The fourth-order valence-electron chi connectivity index (χ4n) is 1.09. The van der Waals surface area contributed by atoms with Crippen LogP contribution in [0.3, 0.4) is 0 Å². The Morgan fingerprint density at radius 1 is 1.44 bits per heavy atom. The highest BCUT2D eigenvalue weighted by atomic mass is 79.9. The van der Waals surface area contributed by atoms with Crippen molar-refractivity contribution in [2.45, 2.75) is 12.8 Å². The monoisotopic (exact) mass is 299 g/mol. The van der Waals surface area contributed by atoms with Gasteiger partial charge in [0.15, 0.2) is 0 Å². The Kier molecular flexibility index (Phi) is 3.54. The predicted molar refractivity (Wildman–Crippen MR) is 51.7 cm³/mol. The minimum absolute atomic E-state index is 0.179. The van der Waals surface area contributed by atoms with E-state index in [1.54, 1.807) is 0 Å². The number of benzene rings is 1. The molecule has 4 nitrogen and oxygen atoms in total. The highest BCUT2D eigenvalue weighted by Crippen LogP contribution is 2.39. The fraction of sp³-hybridized carbons (Fsp3) is 0.250. The van der Waals surface area contributed by atoms with Crippen molar-refractivity contribution in [3.05, 3.63) is 37.8 Å². The highest BCUT2D eigenvalue weighted by Gasteiger charge is 2.35. The van der Waals surface area contributed by atoms with Crippen LogP contribution in [0, 0.1) is 10.1 Å². The van der Waals surface area contributed by atoms with Gasteiger partial charge in [0.1, 0.15) is 0 Å². The van der Waals surface area contributed by atoms with E-state index in [4.69, 9.17) is 5.11 Å². The van der Waals surface area contributed by atoms with Crippen molar-refractivity contribution >= 4 is 21.6 Å². The maximum atomic E-state index is 12.5. The average Bonchev–Trinajstić information content (AvgIpc) is 2.15. The second kappa shape index (κ2) is 4.38. The van der Waals surface area contributed by atoms with Gasteiger partial charge in [-0.3, -0.25) is 10.1 Å². The lowest BCUT2D eigenvalue weighted by molar-refractivity contribution is -0.385. The van der Waals surface area contributed by atoms with Gasteiger partial charge in [0.05, 0.1) is 17.1 Å². The molecule has 0 atom stereocenters. The van der Waals surface area contributed by atoms with Crippen LogP contribution < -0.4 is 0 Å². The van der Waals surface area contributed by atoms with Crippen molar-refractivity contribution in [3.8, 4) is 0 Å². The Balaban J connectivity index is 3.48. The van der Waals surface area contributed by atoms with Gasteiger partial charge in [0.2, 0.25) is 0 Å². The van der Waals surface area contributed by atoms with Gasteiger partial charge >= 0.3 is 6.18 Å². The van der Waals surface area contributed by atoms with Crippen LogP contribution in [-0.4, -0.2) is 10.0 Å². The molecule has 88 valence electrons. The molecule has 16 heavy (non-hydrogen) atoms.